The van der Waals surface area contributed by atoms with Crippen molar-refractivity contribution in [2.75, 3.05) is 0 Å². The van der Waals surface area contributed by atoms with Crippen molar-refractivity contribution >= 4 is 45.8 Å². The Kier molecular flexibility index (Phi) is 4.27. The van der Waals surface area contributed by atoms with Crippen LogP contribution < -0.4 is 0 Å². The molecule has 0 unspecified atom stereocenters. The molecular formula is C12H5Cl2F3IN. The maximum absolute atomic E-state index is 12.6. The van der Waals surface area contributed by atoms with Crippen LogP contribution in [-0.4, -0.2) is 4.98 Å². The minimum Gasteiger partial charge on any atom is -0.256 e. The first kappa shape index (κ1) is 14.9. The molecule has 0 bridgehead atoms. The summed E-state index contributed by atoms with van der Waals surface area (Å²) >= 11 is 13.5. The molecule has 1 aromatic carbocycles. The third-order valence-corrected chi connectivity index (χ3v) is 3.82. The second-order valence-corrected chi connectivity index (χ2v) is 5.68. The van der Waals surface area contributed by atoms with E-state index < -0.39 is 11.7 Å². The highest BCUT2D eigenvalue weighted by molar-refractivity contribution is 14.1. The van der Waals surface area contributed by atoms with Crippen molar-refractivity contribution in [1.82, 2.24) is 4.98 Å². The largest absolute Gasteiger partial charge is 0.418 e. The van der Waals surface area contributed by atoms with Gasteiger partial charge in [0.2, 0.25) is 0 Å². The van der Waals surface area contributed by atoms with Crippen LogP contribution in [0.3, 0.4) is 0 Å². The number of benzene rings is 1. The van der Waals surface area contributed by atoms with Gasteiger partial charge in [-0.05, 0) is 46.9 Å². The SMILES string of the molecule is FC(F)(F)c1cnc(-c2cc(Cl)ccc2Cl)cc1I. The molecule has 0 fully saturated rings. The quantitative estimate of drug-likeness (QED) is 0.544. The first-order valence-electron chi connectivity index (χ1n) is 4.97. The molecule has 1 heterocycles. The zero-order chi connectivity index (χ0) is 14.2. The number of aromatic nitrogens is 1. The van der Waals surface area contributed by atoms with Gasteiger partial charge in [-0.3, -0.25) is 4.98 Å². The van der Waals surface area contributed by atoms with E-state index in [2.05, 4.69) is 4.98 Å². The summed E-state index contributed by atoms with van der Waals surface area (Å²) in [6.45, 7) is 0. The summed E-state index contributed by atoms with van der Waals surface area (Å²) in [6.07, 6.45) is -3.62. The highest BCUT2D eigenvalue weighted by Crippen LogP contribution is 2.35. The molecule has 0 saturated carbocycles. The summed E-state index contributed by atoms with van der Waals surface area (Å²) in [5, 5.41) is 0.823. The molecule has 0 aliphatic heterocycles. The lowest BCUT2D eigenvalue weighted by Crippen LogP contribution is -2.08. The Bertz CT molecular complexity index is 629. The van der Waals surface area contributed by atoms with Crippen LogP contribution >= 0.6 is 45.8 Å². The molecule has 100 valence electrons. The van der Waals surface area contributed by atoms with E-state index >= 15 is 0 Å². The van der Waals surface area contributed by atoms with Gasteiger partial charge in [0, 0.05) is 20.4 Å². The van der Waals surface area contributed by atoms with Gasteiger partial charge in [0.25, 0.3) is 0 Å². The van der Waals surface area contributed by atoms with E-state index in [9.17, 15) is 13.2 Å². The van der Waals surface area contributed by atoms with Crippen LogP contribution in [-0.2, 0) is 6.18 Å². The summed E-state index contributed by atoms with van der Waals surface area (Å²) in [5.41, 5.74) is 0.0840. The number of hydrogen-bond donors (Lipinski definition) is 0. The van der Waals surface area contributed by atoms with Gasteiger partial charge in [-0.2, -0.15) is 13.2 Å². The van der Waals surface area contributed by atoms with Gasteiger partial charge in [0.1, 0.15) is 0 Å². The number of hydrogen-bond acceptors (Lipinski definition) is 1. The van der Waals surface area contributed by atoms with Crippen LogP contribution in [0.2, 0.25) is 10.0 Å². The van der Waals surface area contributed by atoms with Crippen molar-refractivity contribution < 1.29 is 13.2 Å². The average Bonchev–Trinajstić information content (AvgIpc) is 2.30. The van der Waals surface area contributed by atoms with E-state index in [0.29, 0.717) is 21.3 Å². The molecular weight excluding hydrogens is 413 g/mol. The summed E-state index contributed by atoms with van der Waals surface area (Å²) in [7, 11) is 0. The van der Waals surface area contributed by atoms with Gasteiger partial charge < -0.3 is 0 Å². The van der Waals surface area contributed by atoms with Gasteiger partial charge in [-0.15, -0.1) is 0 Å². The fraction of sp³-hybridized carbons (Fsp3) is 0.0833. The third kappa shape index (κ3) is 3.32. The topological polar surface area (TPSA) is 12.9 Å². The zero-order valence-electron chi connectivity index (χ0n) is 9.10. The lowest BCUT2D eigenvalue weighted by atomic mass is 10.1. The van der Waals surface area contributed by atoms with Crippen molar-refractivity contribution in [2.24, 2.45) is 0 Å². The number of pyridine rings is 1. The number of alkyl halides is 3. The molecule has 0 spiro atoms. The maximum atomic E-state index is 12.6. The monoisotopic (exact) mass is 417 g/mol. The normalized spacial score (nSPS) is 11.7. The maximum Gasteiger partial charge on any atom is 0.418 e. The molecule has 1 aromatic heterocycles. The summed E-state index contributed by atoms with van der Waals surface area (Å²) in [5.74, 6) is 0. The fourth-order valence-corrected chi connectivity index (χ4v) is 2.61. The summed E-state index contributed by atoms with van der Waals surface area (Å²) < 4.78 is 38.0. The van der Waals surface area contributed by atoms with Gasteiger partial charge in [0.05, 0.1) is 16.3 Å². The first-order valence-corrected chi connectivity index (χ1v) is 6.80. The van der Waals surface area contributed by atoms with Gasteiger partial charge >= 0.3 is 6.18 Å². The highest BCUT2D eigenvalue weighted by Gasteiger charge is 2.33. The lowest BCUT2D eigenvalue weighted by molar-refractivity contribution is -0.138. The van der Waals surface area contributed by atoms with Crippen molar-refractivity contribution in [3.8, 4) is 11.3 Å². The Morgan fingerprint density at radius 2 is 1.79 bits per heavy atom. The lowest BCUT2D eigenvalue weighted by Gasteiger charge is -2.10. The van der Waals surface area contributed by atoms with Crippen LogP contribution in [0.5, 0.6) is 0 Å². The van der Waals surface area contributed by atoms with Crippen LogP contribution in [0.15, 0.2) is 30.5 Å². The van der Waals surface area contributed by atoms with Crippen LogP contribution in [0.25, 0.3) is 11.3 Å². The fourth-order valence-electron chi connectivity index (χ4n) is 1.48. The molecule has 1 nitrogen and oxygen atoms in total. The molecule has 2 aromatic rings. The molecule has 2 rings (SSSR count). The molecule has 0 N–H and O–H groups in total. The molecule has 0 aliphatic rings. The number of halogens is 6. The Morgan fingerprint density at radius 1 is 1.11 bits per heavy atom. The van der Waals surface area contributed by atoms with E-state index in [1.54, 1.807) is 40.8 Å². The van der Waals surface area contributed by atoms with Gasteiger partial charge in [-0.25, -0.2) is 0 Å². The van der Waals surface area contributed by atoms with Crippen LogP contribution in [0, 0.1) is 3.57 Å². The first-order chi connectivity index (χ1) is 8.79. The van der Waals surface area contributed by atoms with E-state index in [0.717, 1.165) is 6.20 Å². The van der Waals surface area contributed by atoms with Crippen molar-refractivity contribution in [3.63, 3.8) is 0 Å². The summed E-state index contributed by atoms with van der Waals surface area (Å²) in [6, 6.07) is 6.07. The Morgan fingerprint density at radius 3 is 2.37 bits per heavy atom. The van der Waals surface area contributed by atoms with E-state index in [1.807, 2.05) is 0 Å². The smallest absolute Gasteiger partial charge is 0.256 e. The average molecular weight is 418 g/mol. The van der Waals surface area contributed by atoms with Crippen LogP contribution in [0.1, 0.15) is 5.56 Å². The number of nitrogens with zero attached hydrogens (tertiary/aromatic N) is 1. The van der Waals surface area contributed by atoms with Crippen molar-refractivity contribution in [1.29, 1.82) is 0 Å². The molecule has 0 saturated heterocycles. The minimum absolute atomic E-state index is 0.0612. The third-order valence-electron chi connectivity index (χ3n) is 2.36. The highest BCUT2D eigenvalue weighted by atomic mass is 127. The second-order valence-electron chi connectivity index (χ2n) is 3.67. The van der Waals surface area contributed by atoms with Gasteiger partial charge in [-0.1, -0.05) is 23.2 Å². The molecule has 19 heavy (non-hydrogen) atoms. The van der Waals surface area contributed by atoms with Crippen molar-refractivity contribution in [3.05, 3.63) is 49.6 Å². The Hall–Kier alpha value is -0.530. The van der Waals surface area contributed by atoms with Gasteiger partial charge in [0.15, 0.2) is 0 Å². The van der Waals surface area contributed by atoms with E-state index in [1.165, 1.54) is 6.07 Å². The predicted molar refractivity (Wildman–Crippen MR) is 77.4 cm³/mol. The number of rotatable bonds is 1. The van der Waals surface area contributed by atoms with Crippen molar-refractivity contribution in [2.45, 2.75) is 6.18 Å². The molecule has 7 heteroatoms. The minimum atomic E-state index is -4.42. The Balaban J connectivity index is 2.54. The van der Waals surface area contributed by atoms with E-state index in [4.69, 9.17) is 23.2 Å². The molecule has 0 radical (unpaired) electrons. The predicted octanol–water partition coefficient (Wildman–Crippen LogP) is 5.68. The molecule has 0 atom stereocenters. The van der Waals surface area contributed by atoms with Crippen LogP contribution in [0.4, 0.5) is 13.2 Å². The van der Waals surface area contributed by atoms with E-state index in [-0.39, 0.29) is 3.57 Å². The molecule has 0 aliphatic carbocycles. The standard InChI is InChI=1S/C12H5Cl2F3IN/c13-6-1-2-9(14)7(3-6)11-4-10(18)8(5-19-11)12(15,16)17/h1-5H. The Labute approximate surface area is 130 Å². The summed E-state index contributed by atoms with van der Waals surface area (Å²) in [4.78, 5) is 3.81. The molecule has 0 amide bonds. The zero-order valence-corrected chi connectivity index (χ0v) is 12.8. The second kappa shape index (κ2) is 5.46.